The molecule has 100 valence electrons. The van der Waals surface area contributed by atoms with Gasteiger partial charge in [0.05, 0.1) is 9.95 Å². The Kier molecular flexibility index (Phi) is 3.04. The molecule has 0 unspecified atom stereocenters. The van der Waals surface area contributed by atoms with Gasteiger partial charge in [-0.25, -0.2) is 9.50 Å². The van der Waals surface area contributed by atoms with Crippen LogP contribution in [0, 0.1) is 10.1 Å². The van der Waals surface area contributed by atoms with Crippen LogP contribution in [0.1, 0.15) is 0 Å². The molecule has 3 rings (SSSR count). The van der Waals surface area contributed by atoms with Crippen molar-refractivity contribution >= 4 is 34.5 Å². The second-order valence-electron chi connectivity index (χ2n) is 4.01. The fraction of sp³-hybridized carbons (Fsp3) is 0. The summed E-state index contributed by atoms with van der Waals surface area (Å²) in [6.07, 6.45) is 1.30. The summed E-state index contributed by atoms with van der Waals surface area (Å²) in [4.78, 5) is 14.5. The average molecular weight is 309 g/mol. The van der Waals surface area contributed by atoms with E-state index in [0.29, 0.717) is 27.1 Å². The van der Waals surface area contributed by atoms with Crippen LogP contribution in [0.3, 0.4) is 0 Å². The number of hydrogen-bond acceptors (Lipinski definition) is 4. The zero-order valence-electron chi connectivity index (χ0n) is 9.83. The third-order valence-corrected chi connectivity index (χ3v) is 3.26. The van der Waals surface area contributed by atoms with Crippen LogP contribution in [0.15, 0.2) is 36.5 Å². The zero-order valence-corrected chi connectivity index (χ0v) is 11.3. The molecule has 2 aromatic heterocycles. The van der Waals surface area contributed by atoms with Crippen molar-refractivity contribution < 1.29 is 4.92 Å². The number of pyridine rings is 1. The van der Waals surface area contributed by atoms with E-state index in [-0.39, 0.29) is 5.69 Å². The maximum absolute atomic E-state index is 10.7. The lowest BCUT2D eigenvalue weighted by atomic mass is 10.2. The minimum Gasteiger partial charge on any atom is -0.258 e. The Morgan fingerprint density at radius 2 is 2.00 bits per heavy atom. The highest BCUT2D eigenvalue weighted by Crippen LogP contribution is 2.28. The first-order valence-electron chi connectivity index (χ1n) is 5.51. The van der Waals surface area contributed by atoms with Gasteiger partial charge in [-0.15, -0.1) is 5.10 Å². The first-order chi connectivity index (χ1) is 9.54. The second-order valence-corrected chi connectivity index (χ2v) is 4.85. The van der Waals surface area contributed by atoms with Gasteiger partial charge in [-0.05, 0) is 24.3 Å². The number of aromatic nitrogens is 3. The van der Waals surface area contributed by atoms with Crippen molar-refractivity contribution in [1.82, 2.24) is 14.6 Å². The molecule has 0 aliphatic heterocycles. The maximum Gasteiger partial charge on any atom is 0.287 e. The Balaban J connectivity index is 2.17. The van der Waals surface area contributed by atoms with Crippen LogP contribution < -0.4 is 0 Å². The quantitative estimate of drug-likeness (QED) is 0.535. The molecule has 2 heterocycles. The molecule has 0 aliphatic carbocycles. The molecular formula is C12H6Cl2N4O2. The number of rotatable bonds is 2. The molecule has 0 N–H and O–H groups in total. The van der Waals surface area contributed by atoms with Crippen LogP contribution in [0.2, 0.25) is 10.0 Å². The highest BCUT2D eigenvalue weighted by molar-refractivity contribution is 6.35. The molecule has 0 bridgehead atoms. The van der Waals surface area contributed by atoms with Gasteiger partial charge in [-0.3, -0.25) is 10.1 Å². The predicted molar refractivity (Wildman–Crippen MR) is 75.1 cm³/mol. The van der Waals surface area contributed by atoms with E-state index in [1.54, 1.807) is 18.2 Å². The van der Waals surface area contributed by atoms with E-state index in [2.05, 4.69) is 10.1 Å². The summed E-state index contributed by atoms with van der Waals surface area (Å²) in [7, 11) is 0. The van der Waals surface area contributed by atoms with E-state index >= 15 is 0 Å². The first-order valence-corrected chi connectivity index (χ1v) is 6.26. The predicted octanol–water partition coefficient (Wildman–Crippen LogP) is 3.61. The number of nitrogens with zero attached hydrogens (tertiary/aromatic N) is 4. The minimum atomic E-state index is -0.493. The van der Waals surface area contributed by atoms with E-state index in [0.717, 1.165) is 0 Å². The van der Waals surface area contributed by atoms with Gasteiger partial charge in [0.15, 0.2) is 11.5 Å². The number of nitro groups is 1. The van der Waals surface area contributed by atoms with Crippen molar-refractivity contribution in [3.05, 3.63) is 56.7 Å². The lowest BCUT2D eigenvalue weighted by molar-refractivity contribution is -0.385. The van der Waals surface area contributed by atoms with Gasteiger partial charge in [-0.1, -0.05) is 23.2 Å². The number of fused-ring (bicyclic) bond motifs is 1. The first kappa shape index (κ1) is 12.8. The molecule has 3 aromatic rings. The summed E-state index contributed by atoms with van der Waals surface area (Å²) in [6, 6.07) is 7.84. The van der Waals surface area contributed by atoms with Crippen molar-refractivity contribution in [3.63, 3.8) is 0 Å². The molecule has 0 spiro atoms. The van der Waals surface area contributed by atoms with E-state index in [4.69, 9.17) is 23.2 Å². The third kappa shape index (κ3) is 2.19. The van der Waals surface area contributed by atoms with Crippen LogP contribution >= 0.6 is 23.2 Å². The maximum atomic E-state index is 10.7. The molecule has 0 atom stereocenters. The highest BCUT2D eigenvalue weighted by Gasteiger charge is 2.13. The van der Waals surface area contributed by atoms with Crippen molar-refractivity contribution in [1.29, 1.82) is 0 Å². The fourth-order valence-electron chi connectivity index (χ4n) is 1.76. The largest absolute Gasteiger partial charge is 0.287 e. The summed E-state index contributed by atoms with van der Waals surface area (Å²) < 4.78 is 1.34. The van der Waals surface area contributed by atoms with E-state index in [1.165, 1.54) is 22.8 Å². The van der Waals surface area contributed by atoms with E-state index in [9.17, 15) is 10.1 Å². The molecule has 6 nitrogen and oxygen atoms in total. The Bertz CT molecular complexity index is 831. The van der Waals surface area contributed by atoms with Gasteiger partial charge >= 0.3 is 0 Å². The molecule has 0 amide bonds. The summed E-state index contributed by atoms with van der Waals surface area (Å²) >= 11 is 12.0. The molecule has 20 heavy (non-hydrogen) atoms. The Morgan fingerprint density at radius 3 is 2.75 bits per heavy atom. The molecule has 0 aliphatic rings. The van der Waals surface area contributed by atoms with Crippen molar-refractivity contribution in [2.75, 3.05) is 0 Å². The molecular weight excluding hydrogens is 303 g/mol. The summed E-state index contributed by atoms with van der Waals surface area (Å²) in [6.45, 7) is 0. The lowest BCUT2D eigenvalue weighted by Gasteiger charge is -1.99. The SMILES string of the molecule is O=[N+]([O-])c1ccc2nc(-c3cc(Cl)ccc3Cl)nn2c1. The Morgan fingerprint density at radius 1 is 1.20 bits per heavy atom. The van der Waals surface area contributed by atoms with E-state index in [1.807, 2.05) is 0 Å². The molecule has 0 saturated heterocycles. The van der Waals surface area contributed by atoms with Gasteiger partial charge in [-0.2, -0.15) is 0 Å². The van der Waals surface area contributed by atoms with Gasteiger partial charge in [0.1, 0.15) is 6.20 Å². The molecule has 0 saturated carbocycles. The van der Waals surface area contributed by atoms with Crippen LogP contribution in [0.25, 0.3) is 17.0 Å². The van der Waals surface area contributed by atoms with Crippen LogP contribution in [0.4, 0.5) is 5.69 Å². The monoisotopic (exact) mass is 308 g/mol. The number of hydrogen-bond donors (Lipinski definition) is 0. The summed E-state index contributed by atoms with van der Waals surface area (Å²) in [5.74, 6) is 0.359. The van der Waals surface area contributed by atoms with Crippen LogP contribution in [0.5, 0.6) is 0 Å². The second kappa shape index (κ2) is 4.73. The lowest BCUT2D eigenvalue weighted by Crippen LogP contribution is -1.93. The molecule has 1 aromatic carbocycles. The topological polar surface area (TPSA) is 73.3 Å². The number of benzene rings is 1. The third-order valence-electron chi connectivity index (χ3n) is 2.70. The van der Waals surface area contributed by atoms with Crippen LogP contribution in [-0.2, 0) is 0 Å². The average Bonchev–Trinajstić information content (AvgIpc) is 2.83. The van der Waals surface area contributed by atoms with E-state index < -0.39 is 4.92 Å². The molecule has 8 heteroatoms. The Labute approximate surface area is 122 Å². The van der Waals surface area contributed by atoms with Gasteiger partial charge < -0.3 is 0 Å². The zero-order chi connectivity index (χ0) is 14.3. The summed E-state index contributed by atoms with van der Waals surface area (Å²) in [5, 5.41) is 15.9. The molecule has 0 fully saturated rings. The normalized spacial score (nSPS) is 10.9. The smallest absolute Gasteiger partial charge is 0.258 e. The van der Waals surface area contributed by atoms with Gasteiger partial charge in [0, 0.05) is 16.7 Å². The van der Waals surface area contributed by atoms with Crippen LogP contribution in [-0.4, -0.2) is 19.5 Å². The highest BCUT2D eigenvalue weighted by atomic mass is 35.5. The van der Waals surface area contributed by atoms with Gasteiger partial charge in [0.2, 0.25) is 0 Å². The number of halogens is 2. The fourth-order valence-corrected chi connectivity index (χ4v) is 2.14. The summed E-state index contributed by atoms with van der Waals surface area (Å²) in [5.41, 5.74) is 0.998. The van der Waals surface area contributed by atoms with Crippen molar-refractivity contribution in [2.45, 2.75) is 0 Å². The Hall–Kier alpha value is -2.18. The van der Waals surface area contributed by atoms with Gasteiger partial charge in [0.25, 0.3) is 5.69 Å². The standard InChI is InChI=1S/C12H6Cl2N4O2/c13-7-1-3-10(14)9(5-7)12-15-11-4-2-8(18(19)20)6-17(11)16-12/h1-6H. The van der Waals surface area contributed by atoms with Crippen molar-refractivity contribution in [3.8, 4) is 11.4 Å². The molecule has 0 radical (unpaired) electrons. The van der Waals surface area contributed by atoms with Crippen molar-refractivity contribution in [2.24, 2.45) is 0 Å². The minimum absolute atomic E-state index is 0.0638.